The van der Waals surface area contributed by atoms with Gasteiger partial charge in [-0.1, -0.05) is 24.6 Å². The van der Waals surface area contributed by atoms with E-state index in [4.69, 9.17) is 5.21 Å². The maximum Gasteiger partial charge on any atom is 0.282 e. The summed E-state index contributed by atoms with van der Waals surface area (Å²) in [4.78, 5) is 13.1. The average molecular weight is 400 g/mol. The minimum absolute atomic E-state index is 0.319. The number of hydrogen-bond acceptors (Lipinski definition) is 5. The van der Waals surface area contributed by atoms with E-state index >= 15 is 0 Å². The van der Waals surface area contributed by atoms with Crippen LogP contribution in [0.4, 0.5) is 0 Å². The molecular weight excluding hydrogens is 374 g/mol. The van der Waals surface area contributed by atoms with Gasteiger partial charge in [0.2, 0.25) is 0 Å². The Labute approximate surface area is 158 Å². The van der Waals surface area contributed by atoms with Gasteiger partial charge in [0.25, 0.3) is 16.1 Å². The summed E-state index contributed by atoms with van der Waals surface area (Å²) in [5.74, 6) is -0.650. The normalized spacial score (nSPS) is 23.7. The molecule has 2 saturated heterocycles. The standard InChI is InChI=1S/C17H25N3O4S2/c21-17(18-22)16-8-4-5-11-20(16)26(23,24)19-12-9-15(10-13-19)25-14-6-2-1-3-7-14/h1-3,6-7,15-16,22H,4-5,8-13H2,(H,18,21). The van der Waals surface area contributed by atoms with Crippen LogP contribution < -0.4 is 5.48 Å². The monoisotopic (exact) mass is 399 g/mol. The van der Waals surface area contributed by atoms with E-state index in [1.807, 2.05) is 18.2 Å². The first kappa shape index (κ1) is 19.6. The summed E-state index contributed by atoms with van der Waals surface area (Å²) in [5.41, 5.74) is 1.61. The van der Waals surface area contributed by atoms with Crippen molar-refractivity contribution in [3.05, 3.63) is 30.3 Å². The fraction of sp³-hybridized carbons (Fsp3) is 0.588. The molecular formula is C17H25N3O4S2. The van der Waals surface area contributed by atoms with Gasteiger partial charge < -0.3 is 0 Å². The lowest BCUT2D eigenvalue weighted by molar-refractivity contribution is -0.134. The van der Waals surface area contributed by atoms with Crippen LogP contribution in [-0.4, -0.2) is 59.1 Å². The summed E-state index contributed by atoms with van der Waals surface area (Å²) < 4.78 is 28.8. The van der Waals surface area contributed by atoms with E-state index in [9.17, 15) is 13.2 Å². The molecule has 2 aliphatic heterocycles. The number of piperidine rings is 2. The maximum absolute atomic E-state index is 13.0. The molecule has 1 atom stereocenters. The highest BCUT2D eigenvalue weighted by atomic mass is 32.2. The Morgan fingerprint density at radius 2 is 1.77 bits per heavy atom. The van der Waals surface area contributed by atoms with E-state index in [0.29, 0.717) is 31.3 Å². The number of nitrogens with zero attached hydrogens (tertiary/aromatic N) is 2. The zero-order chi connectivity index (χ0) is 18.6. The Hall–Kier alpha value is -1.13. The molecule has 7 nitrogen and oxygen atoms in total. The lowest BCUT2D eigenvalue weighted by Crippen LogP contribution is -2.56. The zero-order valence-electron chi connectivity index (χ0n) is 14.6. The molecule has 2 fully saturated rings. The predicted molar refractivity (Wildman–Crippen MR) is 100 cm³/mol. The second-order valence-electron chi connectivity index (χ2n) is 6.64. The first-order valence-corrected chi connectivity index (χ1v) is 11.2. The van der Waals surface area contributed by atoms with Crippen molar-refractivity contribution in [1.82, 2.24) is 14.1 Å². The molecule has 0 saturated carbocycles. The molecule has 26 heavy (non-hydrogen) atoms. The van der Waals surface area contributed by atoms with Crippen molar-refractivity contribution in [2.45, 2.75) is 48.3 Å². The van der Waals surface area contributed by atoms with Crippen molar-refractivity contribution in [3.63, 3.8) is 0 Å². The van der Waals surface area contributed by atoms with E-state index in [2.05, 4.69) is 12.1 Å². The lowest BCUT2D eigenvalue weighted by Gasteiger charge is -2.39. The number of benzene rings is 1. The molecule has 0 radical (unpaired) electrons. The third-order valence-corrected chi connectivity index (χ3v) is 8.33. The molecule has 0 aliphatic carbocycles. The van der Waals surface area contributed by atoms with Gasteiger partial charge in [0, 0.05) is 29.8 Å². The van der Waals surface area contributed by atoms with Crippen LogP contribution in [0.1, 0.15) is 32.1 Å². The third kappa shape index (κ3) is 4.40. The van der Waals surface area contributed by atoms with E-state index < -0.39 is 22.2 Å². The Bertz CT molecular complexity index is 706. The molecule has 2 N–H and O–H groups in total. The van der Waals surface area contributed by atoms with Crippen molar-refractivity contribution < 1.29 is 18.4 Å². The quantitative estimate of drug-likeness (QED) is 0.583. The Morgan fingerprint density at radius 1 is 1.08 bits per heavy atom. The SMILES string of the molecule is O=C(NO)C1CCCCN1S(=O)(=O)N1CCC(Sc2ccccc2)CC1. The maximum atomic E-state index is 13.0. The average Bonchev–Trinajstić information content (AvgIpc) is 2.68. The molecule has 3 rings (SSSR count). The van der Waals surface area contributed by atoms with Gasteiger partial charge in [-0.15, -0.1) is 11.8 Å². The van der Waals surface area contributed by atoms with Crippen LogP contribution in [0.15, 0.2) is 35.2 Å². The summed E-state index contributed by atoms with van der Waals surface area (Å²) in [6.07, 6.45) is 3.51. The molecule has 2 heterocycles. The van der Waals surface area contributed by atoms with Gasteiger partial charge >= 0.3 is 0 Å². The number of nitrogens with one attached hydrogen (secondary N) is 1. The van der Waals surface area contributed by atoms with Crippen LogP contribution in [0.3, 0.4) is 0 Å². The first-order chi connectivity index (χ1) is 12.5. The summed E-state index contributed by atoms with van der Waals surface area (Å²) >= 11 is 1.79. The van der Waals surface area contributed by atoms with E-state index in [1.165, 1.54) is 13.5 Å². The minimum Gasteiger partial charge on any atom is -0.289 e. The molecule has 9 heteroatoms. The Morgan fingerprint density at radius 3 is 2.42 bits per heavy atom. The van der Waals surface area contributed by atoms with Gasteiger partial charge in [-0.05, 0) is 37.8 Å². The number of hydrogen-bond donors (Lipinski definition) is 2. The molecule has 0 aromatic heterocycles. The van der Waals surface area contributed by atoms with Gasteiger partial charge in [-0.3, -0.25) is 10.0 Å². The largest absolute Gasteiger partial charge is 0.289 e. The molecule has 1 unspecified atom stereocenters. The van der Waals surface area contributed by atoms with Gasteiger partial charge in [-0.2, -0.15) is 17.0 Å². The Balaban J connectivity index is 1.62. The van der Waals surface area contributed by atoms with E-state index in [0.717, 1.165) is 25.7 Å². The number of thioether (sulfide) groups is 1. The van der Waals surface area contributed by atoms with Crippen molar-refractivity contribution in [2.75, 3.05) is 19.6 Å². The van der Waals surface area contributed by atoms with Crippen LogP contribution in [0, 0.1) is 0 Å². The number of rotatable bonds is 5. The Kier molecular flexibility index (Phi) is 6.57. The second-order valence-corrected chi connectivity index (χ2v) is 9.89. The van der Waals surface area contributed by atoms with Crippen LogP contribution in [-0.2, 0) is 15.0 Å². The van der Waals surface area contributed by atoms with Gasteiger partial charge in [0.05, 0.1) is 0 Å². The first-order valence-electron chi connectivity index (χ1n) is 8.95. The summed E-state index contributed by atoms with van der Waals surface area (Å²) in [7, 11) is -3.70. The fourth-order valence-corrected chi connectivity index (χ4v) is 6.54. The number of amides is 1. The molecule has 2 aliphatic rings. The van der Waals surface area contributed by atoms with Crippen LogP contribution in [0.2, 0.25) is 0 Å². The van der Waals surface area contributed by atoms with Crippen molar-refractivity contribution >= 4 is 27.9 Å². The highest BCUT2D eigenvalue weighted by molar-refractivity contribution is 8.00. The molecule has 144 valence electrons. The van der Waals surface area contributed by atoms with E-state index in [-0.39, 0.29) is 0 Å². The molecule has 1 aromatic carbocycles. The van der Waals surface area contributed by atoms with Gasteiger partial charge in [0.15, 0.2) is 0 Å². The summed E-state index contributed by atoms with van der Waals surface area (Å²) in [5, 5.41) is 9.31. The van der Waals surface area contributed by atoms with Gasteiger partial charge in [0.1, 0.15) is 6.04 Å². The topological polar surface area (TPSA) is 90.0 Å². The smallest absolute Gasteiger partial charge is 0.282 e. The highest BCUT2D eigenvalue weighted by Gasteiger charge is 2.41. The highest BCUT2D eigenvalue weighted by Crippen LogP contribution is 2.32. The number of carbonyl (C=O) groups is 1. The third-order valence-electron chi connectivity index (χ3n) is 4.94. The second kappa shape index (κ2) is 8.71. The fourth-order valence-electron chi connectivity index (χ4n) is 3.54. The van der Waals surface area contributed by atoms with E-state index in [1.54, 1.807) is 17.2 Å². The molecule has 1 amide bonds. The number of carbonyl (C=O) groups excluding carboxylic acids is 1. The lowest BCUT2D eigenvalue weighted by atomic mass is 10.0. The van der Waals surface area contributed by atoms with Crippen molar-refractivity contribution in [3.8, 4) is 0 Å². The molecule has 1 aromatic rings. The number of hydroxylamine groups is 1. The van der Waals surface area contributed by atoms with Crippen LogP contribution in [0.5, 0.6) is 0 Å². The van der Waals surface area contributed by atoms with Crippen LogP contribution in [0.25, 0.3) is 0 Å². The summed E-state index contributed by atoms with van der Waals surface area (Å²) in [6.45, 7) is 1.23. The van der Waals surface area contributed by atoms with Crippen LogP contribution >= 0.6 is 11.8 Å². The summed E-state index contributed by atoms with van der Waals surface area (Å²) in [6, 6.07) is 9.31. The van der Waals surface area contributed by atoms with Crippen molar-refractivity contribution in [1.29, 1.82) is 0 Å². The minimum atomic E-state index is -3.70. The predicted octanol–water partition coefficient (Wildman–Crippen LogP) is 1.85. The molecule has 0 bridgehead atoms. The van der Waals surface area contributed by atoms with Gasteiger partial charge in [-0.25, -0.2) is 5.48 Å². The zero-order valence-corrected chi connectivity index (χ0v) is 16.2. The van der Waals surface area contributed by atoms with Crippen molar-refractivity contribution in [2.24, 2.45) is 0 Å². The molecule has 0 spiro atoms.